The van der Waals surface area contributed by atoms with Crippen LogP contribution in [0.1, 0.15) is 19.4 Å². The number of likely N-dealkylation sites (N-methyl/N-ethyl adjacent to an activating group) is 1. The lowest BCUT2D eigenvalue weighted by Gasteiger charge is -2.24. The van der Waals surface area contributed by atoms with Gasteiger partial charge in [0.05, 0.1) is 17.6 Å². The Bertz CT molecular complexity index is 894. The zero-order valence-electron chi connectivity index (χ0n) is 16.8. The zero-order valence-corrected chi connectivity index (χ0v) is 16.8. The Hall–Kier alpha value is -3.27. The van der Waals surface area contributed by atoms with E-state index in [1.54, 1.807) is 44.0 Å². The van der Waals surface area contributed by atoms with E-state index in [9.17, 15) is 23.7 Å². The highest BCUT2D eigenvalue weighted by molar-refractivity contribution is 5.96. The van der Waals surface area contributed by atoms with Gasteiger partial charge in [0.25, 0.3) is 5.69 Å². The first-order valence-corrected chi connectivity index (χ1v) is 9.18. The van der Waals surface area contributed by atoms with Gasteiger partial charge in [0.1, 0.15) is 5.69 Å². The average Bonchev–Trinajstić information content (AvgIpc) is 2.69. The first-order valence-electron chi connectivity index (χ1n) is 9.18. The zero-order chi connectivity index (χ0) is 22.3. The molecule has 0 aliphatic carbocycles. The van der Waals surface area contributed by atoms with Crippen molar-refractivity contribution in [3.8, 4) is 11.5 Å². The quantitative estimate of drug-likeness (QED) is 0.458. The topological polar surface area (TPSA) is 93.9 Å². The van der Waals surface area contributed by atoms with E-state index >= 15 is 0 Å². The number of amides is 1. The molecule has 0 aliphatic heterocycles. The van der Waals surface area contributed by atoms with E-state index in [2.05, 4.69) is 10.1 Å². The van der Waals surface area contributed by atoms with Crippen molar-refractivity contribution in [1.29, 1.82) is 0 Å². The van der Waals surface area contributed by atoms with Gasteiger partial charge in [0, 0.05) is 12.6 Å². The van der Waals surface area contributed by atoms with Gasteiger partial charge in [-0.25, -0.2) is 0 Å². The molecular formula is C20H23F2N3O5. The summed E-state index contributed by atoms with van der Waals surface area (Å²) in [5.74, 6) is -0.310. The molecule has 0 heterocycles. The summed E-state index contributed by atoms with van der Waals surface area (Å²) >= 11 is 0. The molecule has 0 bridgehead atoms. The fourth-order valence-corrected chi connectivity index (χ4v) is 2.71. The lowest BCUT2D eigenvalue weighted by Crippen LogP contribution is -2.39. The summed E-state index contributed by atoms with van der Waals surface area (Å²) in [6, 6.07) is 9.81. The van der Waals surface area contributed by atoms with Crippen LogP contribution < -0.4 is 14.8 Å². The van der Waals surface area contributed by atoms with E-state index in [0.717, 1.165) is 0 Å². The molecule has 2 rings (SSSR count). The molecule has 0 aliphatic rings. The minimum absolute atomic E-state index is 0.0690. The van der Waals surface area contributed by atoms with Crippen molar-refractivity contribution in [3.05, 3.63) is 58.1 Å². The van der Waals surface area contributed by atoms with Gasteiger partial charge in [-0.1, -0.05) is 18.2 Å². The molecule has 0 spiro atoms. The summed E-state index contributed by atoms with van der Waals surface area (Å²) in [6.07, 6.45) is 0. The van der Waals surface area contributed by atoms with Crippen molar-refractivity contribution in [2.45, 2.75) is 33.0 Å². The number of nitro groups is 1. The number of rotatable bonds is 10. The normalized spacial score (nSPS) is 12.0. The number of nitrogens with zero attached hydrogens (tertiary/aromatic N) is 2. The maximum absolute atomic E-state index is 12.6. The Kier molecular flexibility index (Phi) is 8.05. The SMILES string of the molecule is CCOc1cc(CN(C)C(C)C(=O)Nc2ccccc2[N+](=O)[O-])ccc1OC(F)F. The molecular weight excluding hydrogens is 400 g/mol. The lowest BCUT2D eigenvalue weighted by molar-refractivity contribution is -0.383. The molecule has 0 radical (unpaired) electrons. The van der Waals surface area contributed by atoms with Crippen LogP contribution in [-0.4, -0.2) is 42.0 Å². The van der Waals surface area contributed by atoms with Gasteiger partial charge in [-0.05, 0) is 44.7 Å². The molecule has 2 aromatic rings. The molecule has 1 unspecified atom stereocenters. The Balaban J connectivity index is 2.09. The van der Waals surface area contributed by atoms with E-state index in [1.165, 1.54) is 24.3 Å². The Labute approximate surface area is 172 Å². The largest absolute Gasteiger partial charge is 0.490 e. The van der Waals surface area contributed by atoms with E-state index in [0.29, 0.717) is 12.1 Å². The van der Waals surface area contributed by atoms with E-state index in [1.807, 2.05) is 0 Å². The molecule has 1 N–H and O–H groups in total. The van der Waals surface area contributed by atoms with Gasteiger partial charge in [0.15, 0.2) is 11.5 Å². The summed E-state index contributed by atoms with van der Waals surface area (Å²) in [7, 11) is 1.70. The van der Waals surface area contributed by atoms with Crippen LogP contribution in [0.5, 0.6) is 11.5 Å². The smallest absolute Gasteiger partial charge is 0.387 e. The van der Waals surface area contributed by atoms with Gasteiger partial charge in [0.2, 0.25) is 5.91 Å². The van der Waals surface area contributed by atoms with Crippen LogP contribution in [0.15, 0.2) is 42.5 Å². The van der Waals surface area contributed by atoms with Crippen molar-refractivity contribution in [2.75, 3.05) is 19.0 Å². The van der Waals surface area contributed by atoms with Crippen molar-refractivity contribution in [1.82, 2.24) is 4.90 Å². The number of hydrogen-bond acceptors (Lipinski definition) is 6. The second kappa shape index (κ2) is 10.5. The van der Waals surface area contributed by atoms with Gasteiger partial charge in [-0.2, -0.15) is 8.78 Å². The molecule has 0 saturated carbocycles. The first-order chi connectivity index (χ1) is 14.2. The lowest BCUT2D eigenvalue weighted by atomic mass is 10.1. The van der Waals surface area contributed by atoms with Crippen LogP contribution in [0.2, 0.25) is 0 Å². The third-order valence-electron chi connectivity index (χ3n) is 4.36. The highest BCUT2D eigenvalue weighted by Gasteiger charge is 2.22. The van der Waals surface area contributed by atoms with Crippen LogP contribution in [0.25, 0.3) is 0 Å². The number of benzene rings is 2. The third kappa shape index (κ3) is 6.11. The molecule has 1 atom stereocenters. The maximum atomic E-state index is 12.6. The summed E-state index contributed by atoms with van der Waals surface area (Å²) < 4.78 is 34.9. The van der Waals surface area contributed by atoms with Crippen LogP contribution in [0.4, 0.5) is 20.2 Å². The minimum Gasteiger partial charge on any atom is -0.490 e. The average molecular weight is 423 g/mol. The van der Waals surface area contributed by atoms with Crippen LogP contribution >= 0.6 is 0 Å². The number of carbonyl (C=O) groups is 1. The summed E-state index contributed by atoms with van der Waals surface area (Å²) in [5.41, 5.74) is 0.629. The fourth-order valence-electron chi connectivity index (χ4n) is 2.71. The fraction of sp³-hybridized carbons (Fsp3) is 0.350. The molecule has 8 nitrogen and oxygen atoms in total. The number of carbonyl (C=O) groups excluding carboxylic acids is 1. The number of anilines is 1. The number of nitro benzene ring substituents is 1. The number of ether oxygens (including phenoxy) is 2. The summed E-state index contributed by atoms with van der Waals surface area (Å²) in [6.45, 7) is 0.985. The van der Waals surface area contributed by atoms with Crippen molar-refractivity contribution in [3.63, 3.8) is 0 Å². The number of alkyl halides is 2. The Morgan fingerprint density at radius 1 is 1.23 bits per heavy atom. The second-order valence-corrected chi connectivity index (χ2v) is 6.45. The van der Waals surface area contributed by atoms with E-state index in [-0.39, 0.29) is 29.5 Å². The van der Waals surface area contributed by atoms with Crippen molar-refractivity contribution in [2.24, 2.45) is 0 Å². The molecule has 10 heteroatoms. The first kappa shape index (κ1) is 23.0. The number of hydrogen-bond donors (Lipinski definition) is 1. The Morgan fingerprint density at radius 3 is 2.57 bits per heavy atom. The molecule has 0 saturated heterocycles. The second-order valence-electron chi connectivity index (χ2n) is 6.45. The highest BCUT2D eigenvalue weighted by Crippen LogP contribution is 2.30. The Morgan fingerprint density at radius 2 is 1.93 bits per heavy atom. The third-order valence-corrected chi connectivity index (χ3v) is 4.36. The standard InChI is InChI=1S/C20H23F2N3O5/c1-4-29-18-11-14(9-10-17(18)30-20(21)22)12-24(3)13(2)19(26)23-15-7-5-6-8-16(15)25(27)28/h5-11,13,20H,4,12H2,1-3H3,(H,23,26). The molecule has 1 amide bonds. The summed E-state index contributed by atoms with van der Waals surface area (Å²) in [5, 5.41) is 13.7. The van der Waals surface area contributed by atoms with E-state index < -0.39 is 23.5 Å². The van der Waals surface area contributed by atoms with Crippen molar-refractivity contribution >= 4 is 17.3 Å². The van der Waals surface area contributed by atoms with Gasteiger partial charge in [-0.15, -0.1) is 0 Å². The predicted molar refractivity (Wildman–Crippen MR) is 107 cm³/mol. The maximum Gasteiger partial charge on any atom is 0.387 e. The number of nitrogens with one attached hydrogen (secondary N) is 1. The van der Waals surface area contributed by atoms with Gasteiger partial charge < -0.3 is 14.8 Å². The monoisotopic (exact) mass is 423 g/mol. The van der Waals surface area contributed by atoms with E-state index in [4.69, 9.17) is 4.74 Å². The number of para-hydroxylation sites is 2. The highest BCUT2D eigenvalue weighted by atomic mass is 19.3. The predicted octanol–water partition coefficient (Wildman–Crippen LogP) is 4.05. The molecule has 2 aromatic carbocycles. The van der Waals surface area contributed by atoms with Crippen LogP contribution in [-0.2, 0) is 11.3 Å². The molecule has 30 heavy (non-hydrogen) atoms. The summed E-state index contributed by atoms with van der Waals surface area (Å²) in [4.78, 5) is 24.8. The van der Waals surface area contributed by atoms with Crippen LogP contribution in [0.3, 0.4) is 0 Å². The van der Waals surface area contributed by atoms with Gasteiger partial charge in [-0.3, -0.25) is 19.8 Å². The molecule has 0 fully saturated rings. The number of halogens is 2. The van der Waals surface area contributed by atoms with Crippen molar-refractivity contribution < 1.29 is 28.0 Å². The van der Waals surface area contributed by atoms with Crippen LogP contribution in [0, 0.1) is 10.1 Å². The minimum atomic E-state index is -2.97. The molecule has 0 aromatic heterocycles. The molecule has 162 valence electrons. The van der Waals surface area contributed by atoms with Gasteiger partial charge >= 0.3 is 6.61 Å².